The zero-order valence-electron chi connectivity index (χ0n) is 14.1. The number of hydrogen-bond acceptors (Lipinski definition) is 5. The van der Waals surface area contributed by atoms with E-state index in [1.54, 1.807) is 12.3 Å². The number of amides is 1. The van der Waals surface area contributed by atoms with Crippen LogP contribution in [0.15, 0.2) is 47.4 Å². The van der Waals surface area contributed by atoms with Gasteiger partial charge in [-0.15, -0.1) is 0 Å². The third kappa shape index (κ3) is 3.60. The van der Waals surface area contributed by atoms with E-state index < -0.39 is 0 Å². The van der Waals surface area contributed by atoms with E-state index in [0.717, 1.165) is 25.0 Å². The fourth-order valence-electron chi connectivity index (χ4n) is 3.63. The van der Waals surface area contributed by atoms with E-state index >= 15 is 0 Å². The molecule has 0 aliphatic carbocycles. The standard InChI is InChI=1S/C19H22N2O4/c22-18(15-4-10-23-12-15)21-8-5-19(6-9-21)11-17(14-25-19)24-13-16-3-1-2-7-20-16/h1-4,7,10,12,17H,5-6,8-9,11,13-14H2/t17-/m1/s1. The topological polar surface area (TPSA) is 64.8 Å². The SMILES string of the molecule is O=C(c1ccoc1)N1CCC2(CC1)C[C@@H](OCc1ccccn1)CO2. The van der Waals surface area contributed by atoms with Crippen LogP contribution in [0.25, 0.3) is 0 Å². The molecule has 1 atom stereocenters. The van der Waals surface area contributed by atoms with Crippen LogP contribution in [0.1, 0.15) is 35.3 Å². The summed E-state index contributed by atoms with van der Waals surface area (Å²) in [5.74, 6) is 0.0320. The van der Waals surface area contributed by atoms with Crippen molar-refractivity contribution in [3.63, 3.8) is 0 Å². The fourth-order valence-corrected chi connectivity index (χ4v) is 3.63. The molecule has 2 aliphatic rings. The van der Waals surface area contributed by atoms with Gasteiger partial charge in [-0.3, -0.25) is 9.78 Å². The molecule has 2 aliphatic heterocycles. The molecule has 1 spiro atoms. The summed E-state index contributed by atoms with van der Waals surface area (Å²) in [6.07, 6.45) is 7.48. The van der Waals surface area contributed by atoms with E-state index in [4.69, 9.17) is 13.9 Å². The second kappa shape index (κ2) is 6.98. The Labute approximate surface area is 146 Å². The summed E-state index contributed by atoms with van der Waals surface area (Å²) in [5, 5.41) is 0. The minimum absolute atomic E-state index is 0.0320. The van der Waals surface area contributed by atoms with Crippen LogP contribution in [0, 0.1) is 0 Å². The van der Waals surface area contributed by atoms with Crippen molar-refractivity contribution in [3.05, 3.63) is 54.2 Å². The predicted molar refractivity (Wildman–Crippen MR) is 90.0 cm³/mol. The van der Waals surface area contributed by atoms with Crippen molar-refractivity contribution in [3.8, 4) is 0 Å². The zero-order valence-corrected chi connectivity index (χ0v) is 14.1. The van der Waals surface area contributed by atoms with Gasteiger partial charge in [0.15, 0.2) is 0 Å². The molecule has 6 nitrogen and oxygen atoms in total. The van der Waals surface area contributed by atoms with Gasteiger partial charge in [-0.05, 0) is 31.0 Å². The number of nitrogens with zero attached hydrogens (tertiary/aromatic N) is 2. The molecular weight excluding hydrogens is 320 g/mol. The van der Waals surface area contributed by atoms with Crippen molar-refractivity contribution in [1.29, 1.82) is 0 Å². The number of carbonyl (C=O) groups excluding carboxylic acids is 1. The number of piperidine rings is 1. The lowest BCUT2D eigenvalue weighted by Gasteiger charge is -2.38. The van der Waals surface area contributed by atoms with Crippen molar-refractivity contribution < 1.29 is 18.7 Å². The molecule has 25 heavy (non-hydrogen) atoms. The van der Waals surface area contributed by atoms with E-state index in [2.05, 4.69) is 4.98 Å². The Hall–Kier alpha value is -2.18. The molecule has 2 aromatic heterocycles. The van der Waals surface area contributed by atoms with Crippen LogP contribution < -0.4 is 0 Å². The van der Waals surface area contributed by atoms with Gasteiger partial charge < -0.3 is 18.8 Å². The summed E-state index contributed by atoms with van der Waals surface area (Å²) in [7, 11) is 0. The number of rotatable bonds is 4. The first-order chi connectivity index (χ1) is 12.2. The van der Waals surface area contributed by atoms with Gasteiger partial charge in [-0.2, -0.15) is 0 Å². The average molecular weight is 342 g/mol. The molecule has 0 radical (unpaired) electrons. The summed E-state index contributed by atoms with van der Waals surface area (Å²) >= 11 is 0. The third-order valence-corrected chi connectivity index (χ3v) is 5.10. The molecule has 0 unspecified atom stereocenters. The lowest BCUT2D eigenvalue weighted by Crippen LogP contribution is -2.46. The highest BCUT2D eigenvalue weighted by Gasteiger charge is 2.44. The number of likely N-dealkylation sites (tertiary alicyclic amines) is 1. The van der Waals surface area contributed by atoms with Gasteiger partial charge in [0, 0.05) is 25.7 Å². The Morgan fingerprint density at radius 1 is 1.32 bits per heavy atom. The first-order valence-electron chi connectivity index (χ1n) is 8.71. The average Bonchev–Trinajstić information content (AvgIpc) is 3.32. The minimum atomic E-state index is -0.151. The molecule has 6 heteroatoms. The first kappa shape index (κ1) is 16.3. The van der Waals surface area contributed by atoms with Crippen molar-refractivity contribution in [2.24, 2.45) is 0 Å². The summed E-state index contributed by atoms with van der Waals surface area (Å²) < 4.78 is 17.1. The van der Waals surface area contributed by atoms with Crippen molar-refractivity contribution in [1.82, 2.24) is 9.88 Å². The quantitative estimate of drug-likeness (QED) is 0.855. The van der Waals surface area contributed by atoms with Crippen LogP contribution in [0.4, 0.5) is 0 Å². The largest absolute Gasteiger partial charge is 0.472 e. The number of carbonyl (C=O) groups is 1. The number of furan rings is 1. The molecule has 2 fully saturated rings. The monoisotopic (exact) mass is 342 g/mol. The Kier molecular flexibility index (Phi) is 4.55. The van der Waals surface area contributed by atoms with E-state index in [1.165, 1.54) is 12.5 Å². The van der Waals surface area contributed by atoms with Gasteiger partial charge in [0.25, 0.3) is 5.91 Å². The van der Waals surface area contributed by atoms with E-state index in [-0.39, 0.29) is 17.6 Å². The molecule has 0 aromatic carbocycles. The van der Waals surface area contributed by atoms with Gasteiger partial charge in [0.1, 0.15) is 6.26 Å². The lowest BCUT2D eigenvalue weighted by molar-refractivity contribution is -0.0413. The molecular formula is C19H22N2O4. The summed E-state index contributed by atoms with van der Waals surface area (Å²) in [4.78, 5) is 18.5. The Balaban J connectivity index is 1.28. The van der Waals surface area contributed by atoms with Gasteiger partial charge in [0.05, 0.1) is 42.4 Å². The lowest BCUT2D eigenvalue weighted by atomic mass is 9.88. The molecule has 4 rings (SSSR count). The Morgan fingerprint density at radius 2 is 2.20 bits per heavy atom. The second-order valence-electron chi connectivity index (χ2n) is 6.76. The maximum atomic E-state index is 12.4. The molecule has 2 aromatic rings. The molecule has 0 bridgehead atoms. The van der Waals surface area contributed by atoms with Crippen LogP contribution >= 0.6 is 0 Å². The van der Waals surface area contributed by atoms with Crippen LogP contribution in [0.2, 0.25) is 0 Å². The highest BCUT2D eigenvalue weighted by molar-refractivity contribution is 5.93. The van der Waals surface area contributed by atoms with E-state index in [0.29, 0.717) is 31.9 Å². The van der Waals surface area contributed by atoms with Gasteiger partial charge in [0.2, 0.25) is 0 Å². The molecule has 0 N–H and O–H groups in total. The fraction of sp³-hybridized carbons (Fsp3) is 0.474. The second-order valence-corrected chi connectivity index (χ2v) is 6.76. The zero-order chi connectivity index (χ0) is 17.1. The maximum absolute atomic E-state index is 12.4. The first-order valence-corrected chi connectivity index (χ1v) is 8.71. The summed E-state index contributed by atoms with van der Waals surface area (Å²) in [5.41, 5.74) is 1.39. The summed E-state index contributed by atoms with van der Waals surface area (Å²) in [6, 6.07) is 7.53. The van der Waals surface area contributed by atoms with Crippen LogP contribution in [-0.2, 0) is 16.1 Å². The molecule has 1 amide bonds. The highest BCUT2D eigenvalue weighted by atomic mass is 16.6. The van der Waals surface area contributed by atoms with Gasteiger partial charge in [-0.25, -0.2) is 0 Å². The molecule has 2 saturated heterocycles. The van der Waals surface area contributed by atoms with E-state index in [9.17, 15) is 4.79 Å². The smallest absolute Gasteiger partial charge is 0.257 e. The third-order valence-electron chi connectivity index (χ3n) is 5.10. The van der Waals surface area contributed by atoms with Crippen molar-refractivity contribution in [2.45, 2.75) is 37.6 Å². The highest BCUT2D eigenvalue weighted by Crippen LogP contribution is 2.37. The summed E-state index contributed by atoms with van der Waals surface area (Å²) in [6.45, 7) is 2.53. The number of ether oxygens (including phenoxy) is 2. The number of hydrogen-bond donors (Lipinski definition) is 0. The van der Waals surface area contributed by atoms with Crippen LogP contribution in [0.5, 0.6) is 0 Å². The predicted octanol–water partition coefficient (Wildman–Crippen LogP) is 2.66. The molecule has 0 saturated carbocycles. The number of pyridine rings is 1. The van der Waals surface area contributed by atoms with Crippen molar-refractivity contribution >= 4 is 5.91 Å². The normalized spacial score (nSPS) is 22.4. The van der Waals surface area contributed by atoms with Gasteiger partial charge in [-0.1, -0.05) is 6.07 Å². The minimum Gasteiger partial charge on any atom is -0.472 e. The molecule has 132 valence electrons. The van der Waals surface area contributed by atoms with Crippen molar-refractivity contribution in [2.75, 3.05) is 19.7 Å². The maximum Gasteiger partial charge on any atom is 0.257 e. The van der Waals surface area contributed by atoms with Crippen LogP contribution in [0.3, 0.4) is 0 Å². The Bertz CT molecular complexity index is 693. The molecule has 4 heterocycles. The number of aromatic nitrogens is 1. The van der Waals surface area contributed by atoms with E-state index in [1.807, 2.05) is 23.1 Å². The van der Waals surface area contributed by atoms with Crippen LogP contribution in [-0.4, -0.2) is 47.2 Å². The Morgan fingerprint density at radius 3 is 2.92 bits per heavy atom. The van der Waals surface area contributed by atoms with Gasteiger partial charge >= 0.3 is 0 Å².